The van der Waals surface area contributed by atoms with Crippen LogP contribution in [0.3, 0.4) is 0 Å². The van der Waals surface area contributed by atoms with Crippen LogP contribution in [0.15, 0.2) is 23.8 Å². The minimum atomic E-state index is 0.283. The third-order valence-corrected chi connectivity index (χ3v) is 2.65. The molecular formula is C14H19NO3. The summed E-state index contributed by atoms with van der Waals surface area (Å²) in [5.41, 5.74) is 2.31. The number of hydrogen-bond acceptors (Lipinski definition) is 4. The molecule has 4 heteroatoms. The quantitative estimate of drug-likeness (QED) is 0.814. The van der Waals surface area contributed by atoms with Crippen LogP contribution in [0.4, 0.5) is 0 Å². The average molecular weight is 249 g/mol. The number of benzene rings is 1. The van der Waals surface area contributed by atoms with E-state index in [9.17, 15) is 0 Å². The van der Waals surface area contributed by atoms with E-state index in [0.717, 1.165) is 29.4 Å². The molecule has 0 aliphatic carbocycles. The summed E-state index contributed by atoms with van der Waals surface area (Å²) in [6, 6.07) is 3.87. The van der Waals surface area contributed by atoms with Crippen LogP contribution in [0.2, 0.25) is 0 Å². The molecular weight excluding hydrogens is 230 g/mol. The van der Waals surface area contributed by atoms with Gasteiger partial charge >= 0.3 is 0 Å². The van der Waals surface area contributed by atoms with Crippen LogP contribution in [0.25, 0.3) is 0 Å². The van der Waals surface area contributed by atoms with Gasteiger partial charge in [0.1, 0.15) is 12.4 Å². The lowest BCUT2D eigenvalue weighted by atomic mass is 10.1. The number of allylic oxidation sites excluding steroid dienone is 1. The van der Waals surface area contributed by atoms with Crippen LogP contribution in [-0.4, -0.2) is 20.4 Å². The minimum Gasteiger partial charge on any atom is -0.489 e. The first-order valence-corrected chi connectivity index (χ1v) is 6.04. The van der Waals surface area contributed by atoms with Gasteiger partial charge < -0.3 is 19.5 Å². The predicted octanol–water partition coefficient (Wildman–Crippen LogP) is 2.48. The Hall–Kier alpha value is -1.68. The van der Waals surface area contributed by atoms with Crippen LogP contribution >= 0.6 is 0 Å². The Morgan fingerprint density at radius 2 is 2.06 bits per heavy atom. The van der Waals surface area contributed by atoms with E-state index in [-0.39, 0.29) is 6.79 Å². The number of fused-ring (bicyclic) bond motifs is 1. The van der Waals surface area contributed by atoms with Crippen LogP contribution in [0, 0.1) is 0 Å². The van der Waals surface area contributed by atoms with E-state index >= 15 is 0 Å². The molecule has 0 saturated heterocycles. The van der Waals surface area contributed by atoms with Crippen molar-refractivity contribution in [2.75, 3.05) is 20.4 Å². The van der Waals surface area contributed by atoms with Gasteiger partial charge in [0.25, 0.3) is 0 Å². The summed E-state index contributed by atoms with van der Waals surface area (Å²) in [4.78, 5) is 0. The largest absolute Gasteiger partial charge is 0.489 e. The summed E-state index contributed by atoms with van der Waals surface area (Å²) in [7, 11) is 1.91. The fourth-order valence-corrected chi connectivity index (χ4v) is 1.73. The van der Waals surface area contributed by atoms with E-state index in [0.29, 0.717) is 6.61 Å². The zero-order valence-electron chi connectivity index (χ0n) is 11.1. The molecule has 1 aliphatic heterocycles. The smallest absolute Gasteiger partial charge is 0.231 e. The van der Waals surface area contributed by atoms with Crippen molar-refractivity contribution >= 4 is 0 Å². The van der Waals surface area contributed by atoms with Crippen LogP contribution < -0.4 is 19.5 Å². The molecule has 0 radical (unpaired) electrons. The van der Waals surface area contributed by atoms with E-state index in [1.807, 2.05) is 25.3 Å². The molecule has 0 atom stereocenters. The third-order valence-electron chi connectivity index (χ3n) is 2.65. The van der Waals surface area contributed by atoms with Crippen LogP contribution in [0.1, 0.15) is 19.4 Å². The highest BCUT2D eigenvalue weighted by molar-refractivity contribution is 5.51. The fourth-order valence-electron chi connectivity index (χ4n) is 1.73. The SMILES string of the molecule is CNCc1cc2c(cc1OCC=C(C)C)OCO2. The molecule has 2 rings (SSSR count). The second-order valence-corrected chi connectivity index (χ2v) is 4.44. The second-order valence-electron chi connectivity index (χ2n) is 4.44. The van der Waals surface area contributed by atoms with Gasteiger partial charge in [-0.2, -0.15) is 0 Å². The Morgan fingerprint density at radius 3 is 2.72 bits per heavy atom. The van der Waals surface area contributed by atoms with Gasteiger partial charge in [-0.05, 0) is 33.0 Å². The Kier molecular flexibility index (Phi) is 4.10. The van der Waals surface area contributed by atoms with Gasteiger partial charge in [-0.1, -0.05) is 5.57 Å². The van der Waals surface area contributed by atoms with Gasteiger partial charge in [0.05, 0.1) is 0 Å². The van der Waals surface area contributed by atoms with Gasteiger partial charge in [-0.15, -0.1) is 0 Å². The molecule has 0 spiro atoms. The first-order chi connectivity index (χ1) is 8.70. The summed E-state index contributed by atoms with van der Waals surface area (Å²) >= 11 is 0. The van der Waals surface area contributed by atoms with E-state index in [1.54, 1.807) is 0 Å². The molecule has 0 bridgehead atoms. The lowest BCUT2D eigenvalue weighted by molar-refractivity contribution is 0.174. The topological polar surface area (TPSA) is 39.7 Å². The van der Waals surface area contributed by atoms with E-state index in [4.69, 9.17) is 14.2 Å². The summed E-state index contributed by atoms with van der Waals surface area (Å²) < 4.78 is 16.5. The van der Waals surface area contributed by atoms with Crippen molar-refractivity contribution in [1.82, 2.24) is 5.32 Å². The van der Waals surface area contributed by atoms with Crippen molar-refractivity contribution in [3.63, 3.8) is 0 Å². The molecule has 0 saturated carbocycles. The summed E-state index contributed by atoms with van der Waals surface area (Å²) in [6.07, 6.45) is 2.05. The average Bonchev–Trinajstić information content (AvgIpc) is 2.76. The highest BCUT2D eigenvalue weighted by atomic mass is 16.7. The van der Waals surface area contributed by atoms with Crippen molar-refractivity contribution in [3.8, 4) is 17.2 Å². The Labute approximate surface area is 108 Å². The zero-order valence-corrected chi connectivity index (χ0v) is 11.1. The molecule has 98 valence electrons. The van der Waals surface area contributed by atoms with Crippen LogP contribution in [-0.2, 0) is 6.54 Å². The van der Waals surface area contributed by atoms with Crippen LogP contribution in [0.5, 0.6) is 17.2 Å². The zero-order chi connectivity index (χ0) is 13.0. The predicted molar refractivity (Wildman–Crippen MR) is 70.3 cm³/mol. The number of hydrogen-bond donors (Lipinski definition) is 1. The van der Waals surface area contributed by atoms with E-state index < -0.39 is 0 Å². The second kappa shape index (κ2) is 5.78. The minimum absolute atomic E-state index is 0.283. The Bertz CT molecular complexity index is 451. The summed E-state index contributed by atoms with van der Waals surface area (Å²) in [5, 5.41) is 3.12. The lowest BCUT2D eigenvalue weighted by Crippen LogP contribution is -2.07. The van der Waals surface area contributed by atoms with Gasteiger partial charge in [0.2, 0.25) is 6.79 Å². The highest BCUT2D eigenvalue weighted by Crippen LogP contribution is 2.38. The normalized spacial score (nSPS) is 12.4. The monoisotopic (exact) mass is 249 g/mol. The van der Waals surface area contributed by atoms with E-state index in [1.165, 1.54) is 5.57 Å². The molecule has 0 fully saturated rings. The highest BCUT2D eigenvalue weighted by Gasteiger charge is 2.17. The molecule has 18 heavy (non-hydrogen) atoms. The molecule has 1 aliphatic rings. The Balaban J connectivity index is 2.18. The van der Waals surface area contributed by atoms with Crippen molar-refractivity contribution in [1.29, 1.82) is 0 Å². The molecule has 1 aromatic carbocycles. The first kappa shape index (κ1) is 12.8. The van der Waals surface area contributed by atoms with Gasteiger partial charge in [0.15, 0.2) is 11.5 Å². The number of nitrogens with one attached hydrogen (secondary N) is 1. The molecule has 0 amide bonds. The number of ether oxygens (including phenoxy) is 3. The van der Waals surface area contributed by atoms with Crippen molar-refractivity contribution in [3.05, 3.63) is 29.3 Å². The summed E-state index contributed by atoms with van der Waals surface area (Å²) in [6.45, 7) is 5.69. The molecule has 1 aromatic rings. The summed E-state index contributed by atoms with van der Waals surface area (Å²) in [5.74, 6) is 2.38. The molecule has 0 aromatic heterocycles. The molecule has 1 N–H and O–H groups in total. The fraction of sp³-hybridized carbons (Fsp3) is 0.429. The lowest BCUT2D eigenvalue weighted by Gasteiger charge is -2.11. The molecule has 1 heterocycles. The standard InChI is InChI=1S/C14H19NO3/c1-10(2)4-5-16-12-7-14-13(17-9-18-14)6-11(12)8-15-3/h4,6-7,15H,5,8-9H2,1-3H3. The maximum atomic E-state index is 5.77. The maximum absolute atomic E-state index is 5.77. The van der Waals surface area contributed by atoms with E-state index in [2.05, 4.69) is 19.2 Å². The molecule has 0 unspecified atom stereocenters. The van der Waals surface area contributed by atoms with Crippen molar-refractivity contribution < 1.29 is 14.2 Å². The Morgan fingerprint density at radius 1 is 1.33 bits per heavy atom. The molecule has 4 nitrogen and oxygen atoms in total. The third kappa shape index (κ3) is 2.96. The maximum Gasteiger partial charge on any atom is 0.231 e. The van der Waals surface area contributed by atoms with Crippen molar-refractivity contribution in [2.45, 2.75) is 20.4 Å². The number of rotatable bonds is 5. The van der Waals surface area contributed by atoms with Gasteiger partial charge in [0, 0.05) is 18.2 Å². The van der Waals surface area contributed by atoms with Crippen molar-refractivity contribution in [2.24, 2.45) is 0 Å². The van der Waals surface area contributed by atoms with Gasteiger partial charge in [-0.25, -0.2) is 0 Å². The van der Waals surface area contributed by atoms with Gasteiger partial charge in [-0.3, -0.25) is 0 Å². The first-order valence-electron chi connectivity index (χ1n) is 6.04.